The summed E-state index contributed by atoms with van der Waals surface area (Å²) in [6, 6.07) is 15.6. The van der Waals surface area contributed by atoms with Crippen LogP contribution in [-0.4, -0.2) is 0 Å². The second kappa shape index (κ2) is 6.48. The van der Waals surface area contributed by atoms with Gasteiger partial charge in [0.05, 0.1) is 0 Å². The topological polar surface area (TPSA) is 12.0 Å². The van der Waals surface area contributed by atoms with Gasteiger partial charge in [-0.05, 0) is 71.8 Å². The molecule has 2 unspecified atom stereocenters. The average Bonchev–Trinajstić information content (AvgIpc) is 2.40. The molecule has 0 spiro atoms. The van der Waals surface area contributed by atoms with E-state index in [-0.39, 0.29) is 17.9 Å². The maximum absolute atomic E-state index is 12.9. The van der Waals surface area contributed by atoms with E-state index in [1.54, 1.807) is 0 Å². The first kappa shape index (κ1) is 14.5. The van der Waals surface area contributed by atoms with Crippen molar-refractivity contribution < 1.29 is 4.39 Å². The number of hydrogen-bond donors (Lipinski definition) is 1. The molecule has 0 saturated carbocycles. The van der Waals surface area contributed by atoms with Gasteiger partial charge in [0.25, 0.3) is 0 Å². The first-order chi connectivity index (χ1) is 9.06. The quantitative estimate of drug-likeness (QED) is 0.761. The summed E-state index contributed by atoms with van der Waals surface area (Å²) in [6.07, 6.45) is 0. The highest BCUT2D eigenvalue weighted by Crippen LogP contribution is 2.20. The van der Waals surface area contributed by atoms with Gasteiger partial charge in [-0.1, -0.05) is 24.3 Å². The Morgan fingerprint density at radius 1 is 0.842 bits per heavy atom. The van der Waals surface area contributed by atoms with Crippen LogP contribution in [0.15, 0.2) is 48.5 Å². The van der Waals surface area contributed by atoms with E-state index in [0.717, 1.165) is 5.56 Å². The number of nitrogens with one attached hydrogen (secondary N) is 1. The third-order valence-corrected chi connectivity index (χ3v) is 3.96. The summed E-state index contributed by atoms with van der Waals surface area (Å²) in [5, 5.41) is 3.53. The Bertz CT molecular complexity index is 472. The highest BCUT2D eigenvalue weighted by molar-refractivity contribution is 14.1. The summed E-state index contributed by atoms with van der Waals surface area (Å²) < 4.78 is 14.1. The molecular formula is C16H17FIN. The maximum atomic E-state index is 12.9. The SMILES string of the molecule is CC(NC(C)c1ccc(I)cc1)c1ccc(F)cc1. The van der Waals surface area contributed by atoms with Crippen molar-refractivity contribution in [2.24, 2.45) is 0 Å². The van der Waals surface area contributed by atoms with Crippen molar-refractivity contribution in [3.8, 4) is 0 Å². The van der Waals surface area contributed by atoms with Crippen LogP contribution < -0.4 is 5.32 Å². The largest absolute Gasteiger partial charge is 0.304 e. The molecule has 1 N–H and O–H groups in total. The summed E-state index contributed by atoms with van der Waals surface area (Å²) in [5.41, 5.74) is 2.35. The van der Waals surface area contributed by atoms with Crippen molar-refractivity contribution in [2.75, 3.05) is 0 Å². The molecule has 1 nitrogen and oxygen atoms in total. The normalized spacial score (nSPS) is 14.1. The van der Waals surface area contributed by atoms with Crippen LogP contribution in [0.5, 0.6) is 0 Å². The monoisotopic (exact) mass is 369 g/mol. The van der Waals surface area contributed by atoms with E-state index >= 15 is 0 Å². The Labute approximate surface area is 127 Å². The van der Waals surface area contributed by atoms with Crippen molar-refractivity contribution in [1.29, 1.82) is 0 Å². The predicted octanol–water partition coefficient (Wildman–Crippen LogP) is 4.84. The van der Waals surface area contributed by atoms with Crippen LogP contribution in [0.1, 0.15) is 37.1 Å². The molecular weight excluding hydrogens is 352 g/mol. The van der Waals surface area contributed by atoms with Gasteiger partial charge in [0.1, 0.15) is 5.82 Å². The molecule has 0 amide bonds. The average molecular weight is 369 g/mol. The van der Waals surface area contributed by atoms with Gasteiger partial charge in [-0.3, -0.25) is 0 Å². The van der Waals surface area contributed by atoms with E-state index in [4.69, 9.17) is 0 Å². The van der Waals surface area contributed by atoms with Crippen LogP contribution in [0.25, 0.3) is 0 Å². The molecule has 3 heteroatoms. The lowest BCUT2D eigenvalue weighted by Gasteiger charge is -2.21. The van der Waals surface area contributed by atoms with E-state index in [1.165, 1.54) is 21.3 Å². The fraction of sp³-hybridized carbons (Fsp3) is 0.250. The van der Waals surface area contributed by atoms with Crippen molar-refractivity contribution in [3.63, 3.8) is 0 Å². The van der Waals surface area contributed by atoms with Crippen molar-refractivity contribution in [2.45, 2.75) is 25.9 Å². The molecule has 0 aliphatic heterocycles. The van der Waals surface area contributed by atoms with E-state index in [9.17, 15) is 4.39 Å². The molecule has 0 fully saturated rings. The molecule has 0 radical (unpaired) electrons. The molecule has 2 aromatic carbocycles. The fourth-order valence-corrected chi connectivity index (χ4v) is 2.43. The van der Waals surface area contributed by atoms with Crippen LogP contribution in [0.2, 0.25) is 0 Å². The molecule has 0 aliphatic carbocycles. The van der Waals surface area contributed by atoms with Gasteiger partial charge in [-0.2, -0.15) is 0 Å². The molecule has 2 rings (SSSR count). The van der Waals surface area contributed by atoms with E-state index in [0.29, 0.717) is 0 Å². The minimum Gasteiger partial charge on any atom is -0.304 e. The minimum atomic E-state index is -0.193. The number of hydrogen-bond acceptors (Lipinski definition) is 1. The van der Waals surface area contributed by atoms with Crippen LogP contribution >= 0.6 is 22.6 Å². The molecule has 0 aromatic heterocycles. The van der Waals surface area contributed by atoms with Crippen molar-refractivity contribution in [3.05, 3.63) is 69.0 Å². The first-order valence-electron chi connectivity index (χ1n) is 6.33. The lowest BCUT2D eigenvalue weighted by atomic mass is 10.0. The molecule has 0 heterocycles. The molecule has 2 aromatic rings. The van der Waals surface area contributed by atoms with Crippen LogP contribution in [0, 0.1) is 9.39 Å². The minimum absolute atomic E-state index is 0.190. The Morgan fingerprint density at radius 2 is 1.26 bits per heavy atom. The lowest BCUT2D eigenvalue weighted by Crippen LogP contribution is -2.22. The van der Waals surface area contributed by atoms with Gasteiger partial charge < -0.3 is 5.32 Å². The summed E-state index contributed by atoms with van der Waals surface area (Å²) in [5.74, 6) is -0.193. The number of halogens is 2. The van der Waals surface area contributed by atoms with Crippen LogP contribution in [-0.2, 0) is 0 Å². The highest BCUT2D eigenvalue weighted by atomic mass is 127. The molecule has 2 atom stereocenters. The van der Waals surface area contributed by atoms with Crippen molar-refractivity contribution >= 4 is 22.6 Å². The van der Waals surface area contributed by atoms with E-state index < -0.39 is 0 Å². The zero-order valence-electron chi connectivity index (χ0n) is 11.0. The van der Waals surface area contributed by atoms with Crippen LogP contribution in [0.4, 0.5) is 4.39 Å². The van der Waals surface area contributed by atoms with Gasteiger partial charge >= 0.3 is 0 Å². The third-order valence-electron chi connectivity index (χ3n) is 3.24. The Hall–Kier alpha value is -0.940. The number of benzene rings is 2. The summed E-state index contributed by atoms with van der Waals surface area (Å²) in [4.78, 5) is 0. The summed E-state index contributed by atoms with van der Waals surface area (Å²) in [7, 11) is 0. The zero-order valence-corrected chi connectivity index (χ0v) is 13.2. The van der Waals surface area contributed by atoms with Gasteiger partial charge in [-0.15, -0.1) is 0 Å². The van der Waals surface area contributed by atoms with Gasteiger partial charge in [-0.25, -0.2) is 4.39 Å². The standard InChI is InChI=1S/C16H17FIN/c1-11(13-3-7-15(17)8-4-13)19-12(2)14-5-9-16(18)10-6-14/h3-12,19H,1-2H3. The second-order valence-corrected chi connectivity index (χ2v) is 5.96. The van der Waals surface area contributed by atoms with Gasteiger partial charge in [0.15, 0.2) is 0 Å². The maximum Gasteiger partial charge on any atom is 0.123 e. The molecule has 19 heavy (non-hydrogen) atoms. The lowest BCUT2D eigenvalue weighted by molar-refractivity contribution is 0.494. The smallest absolute Gasteiger partial charge is 0.123 e. The molecule has 0 bridgehead atoms. The van der Waals surface area contributed by atoms with E-state index in [1.807, 2.05) is 12.1 Å². The van der Waals surface area contributed by atoms with E-state index in [2.05, 4.69) is 66.0 Å². The zero-order chi connectivity index (χ0) is 13.8. The molecule has 0 aliphatic rings. The van der Waals surface area contributed by atoms with Crippen LogP contribution in [0.3, 0.4) is 0 Å². The summed E-state index contributed by atoms with van der Waals surface area (Å²) in [6.45, 7) is 4.23. The van der Waals surface area contributed by atoms with Crippen molar-refractivity contribution in [1.82, 2.24) is 5.32 Å². The Kier molecular flexibility index (Phi) is 4.93. The third kappa shape index (κ3) is 4.01. The predicted molar refractivity (Wildman–Crippen MR) is 85.5 cm³/mol. The first-order valence-corrected chi connectivity index (χ1v) is 7.41. The second-order valence-electron chi connectivity index (χ2n) is 4.71. The molecule has 0 saturated heterocycles. The number of rotatable bonds is 4. The van der Waals surface area contributed by atoms with Gasteiger partial charge in [0.2, 0.25) is 0 Å². The highest BCUT2D eigenvalue weighted by Gasteiger charge is 2.11. The summed E-state index contributed by atoms with van der Waals surface area (Å²) >= 11 is 2.30. The Morgan fingerprint density at radius 3 is 1.74 bits per heavy atom. The van der Waals surface area contributed by atoms with Gasteiger partial charge in [0, 0.05) is 15.7 Å². The fourth-order valence-electron chi connectivity index (χ4n) is 2.07. The Balaban J connectivity index is 2.03. The molecule has 100 valence electrons.